The minimum atomic E-state index is -3.56. The van der Waals surface area contributed by atoms with Crippen molar-refractivity contribution in [3.05, 3.63) is 24.3 Å². The van der Waals surface area contributed by atoms with Crippen LogP contribution in [0.25, 0.3) is 0 Å². The van der Waals surface area contributed by atoms with Crippen LogP contribution in [0.3, 0.4) is 0 Å². The Balaban J connectivity index is 2.23. The van der Waals surface area contributed by atoms with Gasteiger partial charge in [0.1, 0.15) is 0 Å². The Hall–Kier alpha value is -0.960. The van der Waals surface area contributed by atoms with Gasteiger partial charge in [-0.15, -0.1) is 0 Å². The van der Waals surface area contributed by atoms with E-state index in [0.29, 0.717) is 19.0 Å². The summed E-state index contributed by atoms with van der Waals surface area (Å²) in [7, 11) is -5.03. The third-order valence-electron chi connectivity index (χ3n) is 3.86. The Morgan fingerprint density at radius 3 is 2.27 bits per heavy atom. The molecule has 1 heterocycles. The van der Waals surface area contributed by atoms with Crippen molar-refractivity contribution in [2.75, 3.05) is 32.9 Å². The van der Waals surface area contributed by atoms with Crippen molar-refractivity contribution in [3.8, 4) is 0 Å². The molecule has 8 heteroatoms. The molecule has 1 saturated heterocycles. The second kappa shape index (κ2) is 6.66. The summed E-state index contributed by atoms with van der Waals surface area (Å²) in [5.74, 6) is 0.309. The van der Waals surface area contributed by atoms with E-state index in [2.05, 4.69) is 5.32 Å². The third kappa shape index (κ3) is 3.87. The summed E-state index contributed by atoms with van der Waals surface area (Å²) in [5.41, 5.74) is 0. The van der Waals surface area contributed by atoms with E-state index in [1.807, 2.05) is 7.05 Å². The quantitative estimate of drug-likeness (QED) is 0.849. The molecule has 0 amide bonds. The van der Waals surface area contributed by atoms with Gasteiger partial charge in [-0.2, -0.15) is 4.31 Å². The topological polar surface area (TPSA) is 83.6 Å². The Bertz CT molecular complexity index is 710. The molecule has 1 aliphatic rings. The lowest BCUT2D eigenvalue weighted by molar-refractivity contribution is 0.263. The summed E-state index contributed by atoms with van der Waals surface area (Å²) in [6.07, 6.45) is 2.95. The summed E-state index contributed by atoms with van der Waals surface area (Å²) in [6.45, 7) is 1.80. The largest absolute Gasteiger partial charge is 0.319 e. The van der Waals surface area contributed by atoms with Crippen molar-refractivity contribution in [1.29, 1.82) is 0 Å². The van der Waals surface area contributed by atoms with Crippen LogP contribution in [0.5, 0.6) is 0 Å². The molecular weight excluding hydrogens is 324 g/mol. The highest BCUT2D eigenvalue weighted by Crippen LogP contribution is 2.24. The van der Waals surface area contributed by atoms with Gasteiger partial charge in [0.2, 0.25) is 10.0 Å². The summed E-state index contributed by atoms with van der Waals surface area (Å²) >= 11 is 0. The van der Waals surface area contributed by atoms with Gasteiger partial charge in [0.25, 0.3) is 0 Å². The molecule has 0 aromatic heterocycles. The smallest absolute Gasteiger partial charge is 0.243 e. The van der Waals surface area contributed by atoms with Crippen LogP contribution < -0.4 is 5.32 Å². The van der Waals surface area contributed by atoms with E-state index in [-0.39, 0.29) is 9.79 Å². The zero-order valence-electron chi connectivity index (χ0n) is 12.8. The molecule has 1 atom stereocenters. The maximum atomic E-state index is 12.7. The van der Waals surface area contributed by atoms with E-state index in [4.69, 9.17) is 0 Å². The van der Waals surface area contributed by atoms with E-state index < -0.39 is 19.9 Å². The van der Waals surface area contributed by atoms with E-state index in [1.165, 1.54) is 28.6 Å². The monoisotopic (exact) mass is 346 g/mol. The summed E-state index contributed by atoms with van der Waals surface area (Å²) < 4.78 is 49.7. The third-order valence-corrected chi connectivity index (χ3v) is 6.87. The first-order valence-electron chi connectivity index (χ1n) is 7.20. The molecule has 1 fully saturated rings. The summed E-state index contributed by atoms with van der Waals surface area (Å²) in [4.78, 5) is 0.267. The minimum Gasteiger partial charge on any atom is -0.319 e. The highest BCUT2D eigenvalue weighted by Gasteiger charge is 2.30. The Labute approximate surface area is 132 Å². The fourth-order valence-electron chi connectivity index (χ4n) is 2.71. The van der Waals surface area contributed by atoms with Gasteiger partial charge >= 0.3 is 0 Å². The highest BCUT2D eigenvalue weighted by atomic mass is 32.2. The molecule has 0 saturated carbocycles. The predicted octanol–water partition coefficient (Wildman–Crippen LogP) is 0.710. The Morgan fingerprint density at radius 2 is 1.73 bits per heavy atom. The molecule has 1 N–H and O–H groups in total. The van der Waals surface area contributed by atoms with Gasteiger partial charge in [0.15, 0.2) is 9.84 Å². The number of sulfone groups is 1. The molecule has 124 valence electrons. The van der Waals surface area contributed by atoms with E-state index in [0.717, 1.165) is 25.6 Å². The van der Waals surface area contributed by atoms with Crippen LogP contribution in [0, 0.1) is 5.92 Å². The molecular formula is C14H22N2O4S2. The van der Waals surface area contributed by atoms with Gasteiger partial charge in [-0.1, -0.05) is 0 Å². The van der Waals surface area contributed by atoms with Gasteiger partial charge in [0.05, 0.1) is 9.79 Å². The van der Waals surface area contributed by atoms with Crippen LogP contribution >= 0.6 is 0 Å². The lowest BCUT2D eigenvalue weighted by Crippen LogP contribution is -2.42. The van der Waals surface area contributed by atoms with Crippen molar-refractivity contribution < 1.29 is 16.8 Å². The average molecular weight is 346 g/mol. The summed E-state index contributed by atoms with van der Waals surface area (Å²) in [6, 6.07) is 5.43. The lowest BCUT2D eigenvalue weighted by Gasteiger charge is -2.31. The Morgan fingerprint density at radius 1 is 1.14 bits per heavy atom. The van der Waals surface area contributed by atoms with E-state index in [9.17, 15) is 16.8 Å². The van der Waals surface area contributed by atoms with Gasteiger partial charge in [-0.25, -0.2) is 16.8 Å². The first-order chi connectivity index (χ1) is 10.2. The van der Waals surface area contributed by atoms with Crippen LogP contribution in [0.15, 0.2) is 34.1 Å². The molecule has 1 aromatic rings. The Kier molecular flexibility index (Phi) is 5.26. The van der Waals surface area contributed by atoms with Crippen LogP contribution in [0.1, 0.15) is 12.8 Å². The molecule has 22 heavy (non-hydrogen) atoms. The number of hydrogen-bond donors (Lipinski definition) is 1. The maximum Gasteiger partial charge on any atom is 0.243 e. The number of nitrogens with one attached hydrogen (secondary N) is 1. The van der Waals surface area contributed by atoms with Crippen molar-refractivity contribution in [2.45, 2.75) is 22.6 Å². The molecule has 1 unspecified atom stereocenters. The van der Waals surface area contributed by atoms with Crippen LogP contribution in [0.4, 0.5) is 0 Å². The predicted molar refractivity (Wildman–Crippen MR) is 85.0 cm³/mol. The number of hydrogen-bond acceptors (Lipinski definition) is 5. The fourth-order valence-corrected chi connectivity index (χ4v) is 4.89. The number of benzene rings is 1. The van der Waals surface area contributed by atoms with Crippen molar-refractivity contribution in [2.24, 2.45) is 5.92 Å². The summed E-state index contributed by atoms with van der Waals surface area (Å²) in [5, 5.41) is 3.09. The molecule has 0 radical (unpaired) electrons. The minimum absolute atomic E-state index is 0.123. The number of rotatable bonds is 5. The molecule has 1 aromatic carbocycles. The second-order valence-electron chi connectivity index (χ2n) is 5.67. The normalized spacial score (nSPS) is 20.9. The van der Waals surface area contributed by atoms with Gasteiger partial charge < -0.3 is 5.32 Å². The van der Waals surface area contributed by atoms with Crippen LogP contribution in [-0.2, 0) is 19.9 Å². The maximum absolute atomic E-state index is 12.7. The van der Waals surface area contributed by atoms with Gasteiger partial charge in [-0.3, -0.25) is 0 Å². The van der Waals surface area contributed by atoms with Gasteiger partial charge in [0, 0.05) is 19.3 Å². The second-order valence-corrected chi connectivity index (χ2v) is 9.63. The van der Waals surface area contributed by atoms with E-state index in [1.54, 1.807) is 0 Å². The van der Waals surface area contributed by atoms with Crippen LogP contribution in [-0.4, -0.2) is 54.1 Å². The molecule has 2 rings (SSSR count). The van der Waals surface area contributed by atoms with Crippen LogP contribution in [0.2, 0.25) is 0 Å². The highest BCUT2D eigenvalue weighted by molar-refractivity contribution is 7.90. The standard InChI is InChI=1S/C14H22N2O4S2/c1-15-10-12-4-3-9-16(11-12)22(19,20)14-7-5-13(6-8-14)21(2,17)18/h5-8,12,15H,3-4,9-11H2,1-2H3. The van der Waals surface area contributed by atoms with Crippen molar-refractivity contribution >= 4 is 19.9 Å². The number of sulfonamides is 1. The zero-order chi connectivity index (χ0) is 16.4. The number of nitrogens with zero attached hydrogens (tertiary/aromatic N) is 1. The first kappa shape index (κ1) is 17.4. The fraction of sp³-hybridized carbons (Fsp3) is 0.571. The number of piperidine rings is 1. The van der Waals surface area contributed by atoms with Gasteiger partial charge in [-0.05, 0) is 56.6 Å². The van der Waals surface area contributed by atoms with Crippen molar-refractivity contribution in [3.63, 3.8) is 0 Å². The molecule has 1 aliphatic heterocycles. The molecule has 6 nitrogen and oxygen atoms in total. The molecule has 0 bridgehead atoms. The molecule has 0 aliphatic carbocycles. The van der Waals surface area contributed by atoms with Crippen molar-refractivity contribution in [1.82, 2.24) is 9.62 Å². The van der Waals surface area contributed by atoms with E-state index >= 15 is 0 Å². The zero-order valence-corrected chi connectivity index (χ0v) is 14.5. The average Bonchev–Trinajstić information content (AvgIpc) is 2.47. The molecule has 0 spiro atoms. The SMILES string of the molecule is CNCC1CCCN(S(=O)(=O)c2ccc(S(C)(=O)=O)cc2)C1. The lowest BCUT2D eigenvalue weighted by atomic mass is 10.00. The first-order valence-corrected chi connectivity index (χ1v) is 10.5.